The van der Waals surface area contributed by atoms with E-state index < -0.39 is 5.97 Å². The zero-order valence-corrected chi connectivity index (χ0v) is 30.8. The summed E-state index contributed by atoms with van der Waals surface area (Å²) in [5.74, 6) is 1.44. The summed E-state index contributed by atoms with van der Waals surface area (Å²) in [6.45, 7) is 7.95. The number of carbonyl (C=O) groups excluding carboxylic acids is 1. The number of benzene rings is 3. The number of methoxy groups -OCH3 is 1. The summed E-state index contributed by atoms with van der Waals surface area (Å²) in [5.41, 5.74) is 7.08. The molecule has 0 radical (unpaired) electrons. The van der Waals surface area contributed by atoms with Crippen molar-refractivity contribution in [1.82, 2.24) is 19.9 Å². The molecule has 5 aromatic rings. The molecule has 1 saturated heterocycles. The quantitative estimate of drug-likeness (QED) is 0.0872. The summed E-state index contributed by atoms with van der Waals surface area (Å²) < 4.78 is 23.6. The van der Waals surface area contributed by atoms with Crippen LogP contribution < -0.4 is 14.2 Å². The van der Waals surface area contributed by atoms with E-state index in [1.807, 2.05) is 24.3 Å². The van der Waals surface area contributed by atoms with Crippen LogP contribution in [0.2, 0.25) is 5.02 Å². The molecule has 274 valence electrons. The number of aliphatic hydroxyl groups is 1. The van der Waals surface area contributed by atoms with Crippen LogP contribution in [0.15, 0.2) is 73.2 Å². The first-order chi connectivity index (χ1) is 25.7. The number of halogens is 1. The average Bonchev–Trinajstić information content (AvgIpc) is 3.67. The van der Waals surface area contributed by atoms with Gasteiger partial charge in [-0.15, -0.1) is 0 Å². The number of likely N-dealkylation sites (tertiary alicyclic amines) is 1. The molecule has 0 bridgehead atoms. The van der Waals surface area contributed by atoms with Crippen molar-refractivity contribution in [3.05, 3.63) is 112 Å². The minimum absolute atomic E-state index is 0.105. The molecule has 0 unspecified atom stereocenters. The van der Waals surface area contributed by atoms with Crippen LogP contribution >= 0.6 is 11.6 Å². The number of nitrogens with one attached hydrogen (secondary N) is 1. The van der Waals surface area contributed by atoms with Crippen LogP contribution in [0.3, 0.4) is 0 Å². The maximum absolute atomic E-state index is 12.1. The fraction of sp³-hybridized carbons (Fsp3) is 0.317. The van der Waals surface area contributed by atoms with E-state index in [0.717, 1.165) is 72.5 Å². The maximum atomic E-state index is 12.1. The summed E-state index contributed by atoms with van der Waals surface area (Å²) in [4.78, 5) is 26.0. The Kier molecular flexibility index (Phi) is 12.3. The number of aromatic nitrogens is 3. The standard InChI is InChI=1S/C41H42ClN5O6/c1-26-30(7-4-8-32(26)33-9-5-10-37(27(33)2)51-16-6-13-47-14-11-31(48)12-15-47)25-53-39-19-38(52-24-29-17-28(20-43)21-44-22-29)34(18-35(39)42)40-45-23-36(46-40)41(49)50-3/h4-5,7-10,17-19,21-23,31,48H,6,11-16,24-25H2,1-3H3,(H,45,46). The third-order valence-electron chi connectivity index (χ3n) is 9.43. The molecule has 0 aliphatic carbocycles. The van der Waals surface area contributed by atoms with Crippen LogP contribution in [0.5, 0.6) is 17.2 Å². The van der Waals surface area contributed by atoms with Gasteiger partial charge in [-0.3, -0.25) is 4.98 Å². The van der Waals surface area contributed by atoms with Crippen LogP contribution in [0, 0.1) is 25.2 Å². The van der Waals surface area contributed by atoms with Gasteiger partial charge in [-0.1, -0.05) is 41.9 Å². The molecule has 1 aliphatic rings. The third kappa shape index (κ3) is 9.15. The van der Waals surface area contributed by atoms with Gasteiger partial charge in [-0.2, -0.15) is 5.26 Å². The van der Waals surface area contributed by atoms with E-state index in [4.69, 9.17) is 30.5 Å². The zero-order chi connectivity index (χ0) is 37.3. The maximum Gasteiger partial charge on any atom is 0.356 e. The monoisotopic (exact) mass is 735 g/mol. The van der Waals surface area contributed by atoms with E-state index in [0.29, 0.717) is 45.6 Å². The van der Waals surface area contributed by atoms with E-state index >= 15 is 0 Å². The van der Waals surface area contributed by atoms with Gasteiger partial charge < -0.3 is 33.9 Å². The van der Waals surface area contributed by atoms with Crippen molar-refractivity contribution in [3.63, 3.8) is 0 Å². The number of esters is 1. The first-order valence-corrected chi connectivity index (χ1v) is 17.9. The molecular weight excluding hydrogens is 694 g/mol. The van der Waals surface area contributed by atoms with E-state index in [9.17, 15) is 15.2 Å². The second-order valence-corrected chi connectivity index (χ2v) is 13.4. The first kappa shape index (κ1) is 37.4. The van der Waals surface area contributed by atoms with E-state index in [-0.39, 0.29) is 25.0 Å². The van der Waals surface area contributed by atoms with Crippen LogP contribution in [0.1, 0.15) is 57.6 Å². The van der Waals surface area contributed by atoms with Crippen molar-refractivity contribution >= 4 is 17.6 Å². The van der Waals surface area contributed by atoms with Gasteiger partial charge in [0, 0.05) is 43.7 Å². The number of nitriles is 1. The molecule has 1 aliphatic heterocycles. The number of hydrogen-bond acceptors (Lipinski definition) is 10. The van der Waals surface area contributed by atoms with Crippen LogP contribution in [0.4, 0.5) is 0 Å². The molecule has 3 heterocycles. The first-order valence-electron chi connectivity index (χ1n) is 17.5. The highest BCUT2D eigenvalue weighted by Gasteiger charge is 2.20. The lowest BCUT2D eigenvalue weighted by atomic mass is 9.93. The zero-order valence-electron chi connectivity index (χ0n) is 30.0. The number of pyridine rings is 1. The molecule has 0 saturated carbocycles. The number of aliphatic hydroxyl groups excluding tert-OH is 1. The molecule has 2 aromatic heterocycles. The molecule has 0 atom stereocenters. The van der Waals surface area contributed by atoms with Crippen molar-refractivity contribution in [2.75, 3.05) is 33.4 Å². The number of hydrogen-bond donors (Lipinski definition) is 2. The summed E-state index contributed by atoms with van der Waals surface area (Å²) in [5, 5.41) is 19.4. The Hall–Kier alpha value is -5.41. The summed E-state index contributed by atoms with van der Waals surface area (Å²) in [6, 6.07) is 19.4. The topological polar surface area (TPSA) is 143 Å². The molecule has 0 spiro atoms. The Balaban J connectivity index is 1.19. The predicted octanol–water partition coefficient (Wildman–Crippen LogP) is 7.45. The van der Waals surface area contributed by atoms with E-state index in [2.05, 4.69) is 51.9 Å². The molecule has 0 amide bonds. The minimum Gasteiger partial charge on any atom is -0.493 e. The fourth-order valence-corrected chi connectivity index (χ4v) is 6.59. The predicted molar refractivity (Wildman–Crippen MR) is 201 cm³/mol. The number of rotatable bonds is 14. The number of nitrogens with zero attached hydrogens (tertiary/aromatic N) is 4. The highest BCUT2D eigenvalue weighted by Crippen LogP contribution is 2.39. The van der Waals surface area contributed by atoms with Gasteiger partial charge in [0.2, 0.25) is 0 Å². The van der Waals surface area contributed by atoms with Crippen LogP contribution in [0.25, 0.3) is 22.5 Å². The van der Waals surface area contributed by atoms with Crippen molar-refractivity contribution in [3.8, 4) is 45.8 Å². The Bertz CT molecular complexity index is 2100. The number of aromatic amines is 1. The van der Waals surface area contributed by atoms with Crippen LogP contribution in [-0.2, 0) is 18.0 Å². The lowest BCUT2D eigenvalue weighted by Crippen LogP contribution is -2.36. The largest absolute Gasteiger partial charge is 0.493 e. The Morgan fingerprint density at radius 3 is 2.47 bits per heavy atom. The lowest BCUT2D eigenvalue weighted by Gasteiger charge is -2.29. The molecule has 12 heteroatoms. The number of ether oxygens (including phenoxy) is 4. The Labute approximate surface area is 314 Å². The van der Waals surface area contributed by atoms with Gasteiger partial charge in [0.05, 0.1) is 42.2 Å². The minimum atomic E-state index is -0.560. The van der Waals surface area contributed by atoms with Gasteiger partial charge in [0.15, 0.2) is 0 Å². The SMILES string of the molecule is COC(=O)c1cnc(-c2cc(Cl)c(OCc3cccc(-c4cccc(OCCCN5CCC(O)CC5)c4C)c3C)cc2OCc2cncc(C#N)c2)[nH]1. The molecule has 6 rings (SSSR count). The molecular formula is C41H42ClN5O6. The van der Waals surface area contributed by atoms with Crippen molar-refractivity contribution in [1.29, 1.82) is 5.26 Å². The Morgan fingerprint density at radius 1 is 0.943 bits per heavy atom. The summed E-state index contributed by atoms with van der Waals surface area (Å²) >= 11 is 6.79. The molecule has 11 nitrogen and oxygen atoms in total. The normalized spacial score (nSPS) is 13.4. The van der Waals surface area contributed by atoms with Gasteiger partial charge in [-0.25, -0.2) is 9.78 Å². The number of piperidine rings is 1. The molecule has 1 fully saturated rings. The second-order valence-electron chi connectivity index (χ2n) is 13.0. The fourth-order valence-electron chi connectivity index (χ4n) is 6.37. The van der Waals surface area contributed by atoms with Gasteiger partial charge in [0.1, 0.15) is 48.0 Å². The van der Waals surface area contributed by atoms with Gasteiger partial charge in [-0.05, 0) is 79.1 Å². The van der Waals surface area contributed by atoms with E-state index in [1.165, 1.54) is 19.5 Å². The second kappa shape index (κ2) is 17.4. The summed E-state index contributed by atoms with van der Waals surface area (Å²) in [6.07, 6.45) is 6.92. The molecule has 53 heavy (non-hydrogen) atoms. The highest BCUT2D eigenvalue weighted by molar-refractivity contribution is 6.32. The van der Waals surface area contributed by atoms with Gasteiger partial charge >= 0.3 is 5.97 Å². The van der Waals surface area contributed by atoms with Crippen molar-refractivity contribution < 1.29 is 28.8 Å². The third-order valence-corrected chi connectivity index (χ3v) is 9.72. The average molecular weight is 736 g/mol. The lowest BCUT2D eigenvalue weighted by molar-refractivity contribution is 0.0594. The van der Waals surface area contributed by atoms with Crippen molar-refractivity contribution in [2.45, 2.75) is 52.4 Å². The number of imidazole rings is 1. The number of carbonyl (C=O) groups is 1. The Morgan fingerprint density at radius 2 is 1.70 bits per heavy atom. The van der Waals surface area contributed by atoms with Crippen LogP contribution in [-0.4, -0.2) is 70.4 Å². The molecule has 3 aromatic carbocycles. The summed E-state index contributed by atoms with van der Waals surface area (Å²) in [7, 11) is 1.29. The highest BCUT2D eigenvalue weighted by atomic mass is 35.5. The van der Waals surface area contributed by atoms with Crippen molar-refractivity contribution in [2.24, 2.45) is 0 Å². The van der Waals surface area contributed by atoms with Gasteiger partial charge in [0.25, 0.3) is 0 Å². The number of H-pyrrole nitrogens is 1. The molecule has 2 N–H and O–H groups in total. The van der Waals surface area contributed by atoms with E-state index in [1.54, 1.807) is 24.4 Å². The smallest absolute Gasteiger partial charge is 0.356 e.